The highest BCUT2D eigenvalue weighted by atomic mass is 32.2. The number of hydrogen-bond donors (Lipinski definition) is 1. The summed E-state index contributed by atoms with van der Waals surface area (Å²) < 4.78 is 28.1. The summed E-state index contributed by atoms with van der Waals surface area (Å²) in [6, 6.07) is 7.68. The van der Waals surface area contributed by atoms with Crippen molar-refractivity contribution in [3.8, 4) is 0 Å². The van der Waals surface area contributed by atoms with Crippen LogP contribution in [0.3, 0.4) is 0 Å². The van der Waals surface area contributed by atoms with Crippen molar-refractivity contribution in [2.75, 3.05) is 6.54 Å². The van der Waals surface area contributed by atoms with E-state index >= 15 is 0 Å². The number of benzene rings is 1. The zero-order valence-electron chi connectivity index (χ0n) is 18.1. The predicted octanol–water partition coefficient (Wildman–Crippen LogP) is 3.85. The lowest BCUT2D eigenvalue weighted by molar-refractivity contribution is 0.323. The van der Waals surface area contributed by atoms with Crippen molar-refractivity contribution >= 4 is 27.2 Å². The maximum atomic E-state index is 13.1. The fourth-order valence-corrected chi connectivity index (χ4v) is 5.18. The van der Waals surface area contributed by atoms with Crippen molar-refractivity contribution < 1.29 is 8.42 Å². The Balaban J connectivity index is 2.38. The van der Waals surface area contributed by atoms with Gasteiger partial charge in [-0.15, -0.1) is 0 Å². The second-order valence-electron chi connectivity index (χ2n) is 7.80. The molecule has 0 spiro atoms. The van der Waals surface area contributed by atoms with E-state index in [1.807, 2.05) is 61.4 Å². The number of aryl methyl sites for hydroxylation is 1. The van der Waals surface area contributed by atoms with Crippen molar-refractivity contribution in [3.63, 3.8) is 0 Å². The molecule has 6 nitrogen and oxygen atoms in total. The van der Waals surface area contributed by atoms with Crippen LogP contribution in [0.25, 0.3) is 0 Å². The largest absolute Gasteiger partial charge is 0.363 e. The lowest BCUT2D eigenvalue weighted by Gasteiger charge is -2.30. The van der Waals surface area contributed by atoms with Crippen LogP contribution in [0.15, 0.2) is 35.6 Å². The molecule has 1 N–H and O–H groups in total. The fraction of sp³-hybridized carbons (Fsp3) is 0.524. The van der Waals surface area contributed by atoms with Crippen LogP contribution in [0.2, 0.25) is 0 Å². The summed E-state index contributed by atoms with van der Waals surface area (Å²) in [5.41, 5.74) is 2.69. The second-order valence-corrected chi connectivity index (χ2v) is 10.1. The Bertz CT molecular complexity index is 932. The average Bonchev–Trinajstić information content (AvgIpc) is 3.06. The lowest BCUT2D eigenvalue weighted by Crippen LogP contribution is -2.43. The summed E-state index contributed by atoms with van der Waals surface area (Å²) in [5, 5.41) is 3.95. The van der Waals surface area contributed by atoms with E-state index < -0.39 is 9.84 Å². The number of nitrogens with one attached hydrogen (secondary N) is 1. The van der Waals surface area contributed by atoms with Crippen LogP contribution in [-0.4, -0.2) is 40.6 Å². The summed E-state index contributed by atoms with van der Waals surface area (Å²) >= 11 is 5.50. The maximum Gasteiger partial charge on any atom is 0.228 e. The minimum Gasteiger partial charge on any atom is -0.363 e. The van der Waals surface area contributed by atoms with E-state index in [2.05, 4.69) is 24.1 Å². The fourth-order valence-electron chi connectivity index (χ4n) is 3.16. The molecule has 2 aromatic rings. The predicted molar refractivity (Wildman–Crippen MR) is 122 cm³/mol. The molecule has 0 aliphatic rings. The minimum absolute atomic E-state index is 0.0444. The molecule has 29 heavy (non-hydrogen) atoms. The number of hydrogen-bond acceptors (Lipinski definition) is 4. The van der Waals surface area contributed by atoms with Crippen LogP contribution in [0.4, 0.5) is 0 Å². The molecule has 1 heterocycles. The van der Waals surface area contributed by atoms with Crippen molar-refractivity contribution in [1.82, 2.24) is 19.8 Å². The number of thiocarbonyl (C=S) groups is 1. The molecular formula is C21H32N4O2S2. The molecule has 0 aliphatic heterocycles. The Morgan fingerprint density at radius 2 is 1.83 bits per heavy atom. The molecule has 0 aliphatic carbocycles. The van der Waals surface area contributed by atoms with Gasteiger partial charge in [-0.05, 0) is 59.3 Å². The highest BCUT2D eigenvalue weighted by Crippen LogP contribution is 2.23. The number of imidazole rings is 1. The van der Waals surface area contributed by atoms with Gasteiger partial charge in [0.2, 0.25) is 15.0 Å². The molecular weight excluding hydrogens is 404 g/mol. The van der Waals surface area contributed by atoms with Crippen LogP contribution in [0.1, 0.15) is 57.5 Å². The van der Waals surface area contributed by atoms with Crippen LogP contribution >= 0.6 is 12.2 Å². The molecule has 160 valence electrons. The number of aromatic nitrogens is 2. The average molecular weight is 437 g/mol. The Hall–Kier alpha value is -1.93. The molecule has 0 saturated carbocycles. The third-order valence-electron chi connectivity index (χ3n) is 4.66. The topological polar surface area (TPSA) is 67.2 Å². The third kappa shape index (κ3) is 5.79. The van der Waals surface area contributed by atoms with Gasteiger partial charge in [-0.1, -0.05) is 29.8 Å². The first kappa shape index (κ1) is 23.3. The number of sulfone groups is 1. The molecule has 0 radical (unpaired) electrons. The van der Waals surface area contributed by atoms with Crippen molar-refractivity contribution in [1.29, 1.82) is 0 Å². The van der Waals surface area contributed by atoms with Gasteiger partial charge in [0.1, 0.15) is 0 Å². The van der Waals surface area contributed by atoms with E-state index in [9.17, 15) is 8.42 Å². The monoisotopic (exact) mass is 436 g/mol. The van der Waals surface area contributed by atoms with Crippen molar-refractivity contribution in [2.45, 2.75) is 71.1 Å². The Kier molecular flexibility index (Phi) is 7.82. The van der Waals surface area contributed by atoms with Gasteiger partial charge >= 0.3 is 0 Å². The van der Waals surface area contributed by atoms with Gasteiger partial charge in [-0.25, -0.2) is 13.4 Å². The van der Waals surface area contributed by atoms with Gasteiger partial charge in [-0.3, -0.25) is 0 Å². The van der Waals surface area contributed by atoms with Gasteiger partial charge in [0, 0.05) is 18.6 Å². The summed E-state index contributed by atoms with van der Waals surface area (Å²) in [5.74, 6) is -0.0693. The molecule has 0 fully saturated rings. The van der Waals surface area contributed by atoms with E-state index in [-0.39, 0.29) is 23.0 Å². The van der Waals surface area contributed by atoms with E-state index in [0.717, 1.165) is 23.4 Å². The molecule has 1 aromatic heterocycles. The van der Waals surface area contributed by atoms with Gasteiger partial charge in [0.05, 0.1) is 24.2 Å². The lowest BCUT2D eigenvalue weighted by atomic mass is 10.2. The molecule has 0 unspecified atom stereocenters. The van der Waals surface area contributed by atoms with E-state index in [4.69, 9.17) is 12.2 Å². The normalized spacial score (nSPS) is 11.9. The maximum absolute atomic E-state index is 13.1. The van der Waals surface area contributed by atoms with Crippen LogP contribution in [0.5, 0.6) is 0 Å². The highest BCUT2D eigenvalue weighted by Gasteiger charge is 2.26. The molecule has 0 amide bonds. The van der Waals surface area contributed by atoms with Crippen molar-refractivity contribution in [3.05, 3.63) is 47.3 Å². The van der Waals surface area contributed by atoms with E-state index in [1.165, 1.54) is 0 Å². The van der Waals surface area contributed by atoms with E-state index in [0.29, 0.717) is 11.7 Å². The van der Waals surface area contributed by atoms with Gasteiger partial charge in [0.15, 0.2) is 5.11 Å². The van der Waals surface area contributed by atoms with Crippen LogP contribution in [0, 0.1) is 6.92 Å². The molecule has 8 heteroatoms. The summed E-state index contributed by atoms with van der Waals surface area (Å²) in [6.07, 6.45) is 1.66. The minimum atomic E-state index is -3.58. The summed E-state index contributed by atoms with van der Waals surface area (Å²) in [6.45, 7) is 13.3. The standard InChI is InChI=1S/C21H32N4O2S2/c1-7-22-20(28)24(15(2)3)13-19-12-23-21(25(19)16(4)5)29(26,27)14-18-10-8-17(6)9-11-18/h8-12,15-16H,7,13-14H2,1-6H3,(H,22,28). The molecule has 0 atom stereocenters. The van der Waals surface area contributed by atoms with Gasteiger partial charge in [0.25, 0.3) is 0 Å². The third-order valence-corrected chi connectivity index (χ3v) is 6.61. The van der Waals surface area contributed by atoms with Gasteiger partial charge < -0.3 is 14.8 Å². The zero-order chi connectivity index (χ0) is 21.8. The summed E-state index contributed by atoms with van der Waals surface area (Å²) in [4.78, 5) is 6.37. The molecule has 0 bridgehead atoms. The van der Waals surface area contributed by atoms with Gasteiger partial charge in [-0.2, -0.15) is 0 Å². The van der Waals surface area contributed by atoms with Crippen LogP contribution in [-0.2, 0) is 22.1 Å². The second kappa shape index (κ2) is 9.71. The Labute approximate surface area is 180 Å². The van der Waals surface area contributed by atoms with Crippen molar-refractivity contribution in [2.24, 2.45) is 0 Å². The van der Waals surface area contributed by atoms with Crippen LogP contribution < -0.4 is 5.32 Å². The van der Waals surface area contributed by atoms with E-state index in [1.54, 1.807) is 6.20 Å². The first-order valence-electron chi connectivity index (χ1n) is 9.95. The number of rotatable bonds is 8. The first-order chi connectivity index (χ1) is 13.6. The number of nitrogens with zero attached hydrogens (tertiary/aromatic N) is 3. The smallest absolute Gasteiger partial charge is 0.228 e. The SMILES string of the molecule is CCNC(=S)N(Cc1cnc(S(=O)(=O)Cc2ccc(C)cc2)n1C(C)C)C(C)C. The first-order valence-corrected chi connectivity index (χ1v) is 12.0. The Morgan fingerprint density at radius 3 is 2.34 bits per heavy atom. The zero-order valence-corrected chi connectivity index (χ0v) is 19.8. The quantitative estimate of drug-likeness (QED) is 0.634. The molecule has 0 saturated heterocycles. The Morgan fingerprint density at radius 1 is 1.21 bits per heavy atom. The summed E-state index contributed by atoms with van der Waals surface area (Å²) in [7, 11) is -3.58. The molecule has 1 aromatic carbocycles. The highest BCUT2D eigenvalue weighted by molar-refractivity contribution is 7.90. The molecule has 2 rings (SSSR count).